The van der Waals surface area contributed by atoms with E-state index in [1.54, 1.807) is 11.9 Å². The Bertz CT molecular complexity index is 491. The normalized spacial score (nSPS) is 11.9. The van der Waals surface area contributed by atoms with Crippen LogP contribution in [0.4, 0.5) is 11.5 Å². The zero-order valence-corrected chi connectivity index (χ0v) is 10.9. The molecule has 0 spiro atoms. The molecule has 0 bridgehead atoms. The molecule has 1 N–H and O–H groups in total. The third-order valence-corrected chi connectivity index (χ3v) is 2.70. The van der Waals surface area contributed by atoms with Crippen molar-refractivity contribution < 1.29 is 19.6 Å². The Kier molecular flexibility index (Phi) is 4.76. The average molecular weight is 269 g/mol. The van der Waals surface area contributed by atoms with E-state index in [1.165, 1.54) is 7.11 Å². The Morgan fingerprint density at radius 1 is 1.68 bits per heavy atom. The summed E-state index contributed by atoms with van der Waals surface area (Å²) in [5, 5.41) is 19.7. The lowest BCUT2D eigenvalue weighted by molar-refractivity contribution is -0.385. The molecule has 0 saturated heterocycles. The number of carbonyl (C=O) groups is 1. The van der Waals surface area contributed by atoms with Crippen molar-refractivity contribution in [2.24, 2.45) is 0 Å². The Balaban J connectivity index is 3.20. The van der Waals surface area contributed by atoms with Gasteiger partial charge < -0.3 is 14.7 Å². The summed E-state index contributed by atoms with van der Waals surface area (Å²) in [7, 11) is 3.19. The predicted molar refractivity (Wildman–Crippen MR) is 67.6 cm³/mol. The molecule has 0 aromatic carbocycles. The first kappa shape index (κ1) is 14.8. The number of likely N-dealkylation sites (N-methyl/N-ethyl adjacent to an activating group) is 1. The highest BCUT2D eigenvalue weighted by molar-refractivity contribution is 5.94. The maximum absolute atomic E-state index is 11.2. The van der Waals surface area contributed by atoms with Crippen LogP contribution in [0.1, 0.15) is 17.3 Å². The predicted octanol–water partition coefficient (Wildman–Crippen LogP) is 1.16. The van der Waals surface area contributed by atoms with E-state index in [0.29, 0.717) is 6.61 Å². The van der Waals surface area contributed by atoms with E-state index in [0.717, 1.165) is 12.3 Å². The fourth-order valence-electron chi connectivity index (χ4n) is 1.55. The number of rotatable bonds is 6. The molecule has 1 atom stereocenters. The van der Waals surface area contributed by atoms with E-state index in [9.17, 15) is 14.9 Å². The van der Waals surface area contributed by atoms with Crippen molar-refractivity contribution in [3.63, 3.8) is 0 Å². The molecule has 8 heteroatoms. The molecule has 1 aromatic rings. The lowest BCUT2D eigenvalue weighted by atomic mass is 10.2. The average Bonchev–Trinajstić information content (AvgIpc) is 2.37. The highest BCUT2D eigenvalue weighted by Gasteiger charge is 2.22. The van der Waals surface area contributed by atoms with Crippen molar-refractivity contribution in [1.29, 1.82) is 0 Å². The van der Waals surface area contributed by atoms with E-state index in [4.69, 9.17) is 9.84 Å². The molecule has 0 amide bonds. The topological polar surface area (TPSA) is 106 Å². The number of nitro groups is 1. The van der Waals surface area contributed by atoms with Gasteiger partial charge in [-0.05, 0) is 6.92 Å². The van der Waals surface area contributed by atoms with Gasteiger partial charge in [0.05, 0.1) is 17.6 Å². The van der Waals surface area contributed by atoms with Gasteiger partial charge in [0.25, 0.3) is 5.69 Å². The first-order valence-corrected chi connectivity index (χ1v) is 5.48. The minimum Gasteiger partial charge on any atom is -0.478 e. The molecule has 0 aliphatic rings. The summed E-state index contributed by atoms with van der Waals surface area (Å²) in [6.45, 7) is 2.21. The van der Waals surface area contributed by atoms with Gasteiger partial charge in [0, 0.05) is 20.2 Å². The van der Waals surface area contributed by atoms with Crippen molar-refractivity contribution in [3.8, 4) is 0 Å². The molecule has 8 nitrogen and oxygen atoms in total. The number of hydrogen-bond donors (Lipinski definition) is 1. The molecule has 104 valence electrons. The SMILES string of the molecule is COCC(C)N(C)c1ncc([N+](=O)[O-])cc1C(=O)O. The van der Waals surface area contributed by atoms with Crippen molar-refractivity contribution in [3.05, 3.63) is 27.9 Å². The van der Waals surface area contributed by atoms with Crippen LogP contribution in [0.15, 0.2) is 12.3 Å². The molecular weight excluding hydrogens is 254 g/mol. The van der Waals surface area contributed by atoms with Crippen LogP contribution >= 0.6 is 0 Å². The Morgan fingerprint density at radius 2 is 2.32 bits per heavy atom. The zero-order valence-electron chi connectivity index (χ0n) is 10.9. The first-order valence-electron chi connectivity index (χ1n) is 5.48. The smallest absolute Gasteiger partial charge is 0.339 e. The molecule has 1 unspecified atom stereocenters. The number of aromatic nitrogens is 1. The highest BCUT2D eigenvalue weighted by Crippen LogP contribution is 2.23. The van der Waals surface area contributed by atoms with Gasteiger partial charge in [-0.1, -0.05) is 0 Å². The zero-order chi connectivity index (χ0) is 14.6. The second kappa shape index (κ2) is 6.10. The molecule has 0 saturated carbocycles. The van der Waals surface area contributed by atoms with Crippen LogP contribution in [-0.2, 0) is 4.74 Å². The van der Waals surface area contributed by atoms with Gasteiger partial charge in [0.2, 0.25) is 0 Å². The van der Waals surface area contributed by atoms with Crippen LogP contribution in [-0.4, -0.2) is 47.8 Å². The van der Waals surface area contributed by atoms with Crippen LogP contribution < -0.4 is 4.90 Å². The second-order valence-electron chi connectivity index (χ2n) is 4.04. The summed E-state index contributed by atoms with van der Waals surface area (Å²) in [4.78, 5) is 26.6. The molecule has 0 aliphatic heterocycles. The van der Waals surface area contributed by atoms with E-state index in [1.807, 2.05) is 6.92 Å². The van der Waals surface area contributed by atoms with Gasteiger partial charge in [-0.25, -0.2) is 9.78 Å². The minimum absolute atomic E-state index is 0.114. The monoisotopic (exact) mass is 269 g/mol. The van der Waals surface area contributed by atoms with E-state index in [-0.39, 0.29) is 23.1 Å². The largest absolute Gasteiger partial charge is 0.478 e. The third-order valence-electron chi connectivity index (χ3n) is 2.70. The minimum atomic E-state index is -1.26. The lowest BCUT2D eigenvalue weighted by Crippen LogP contribution is -2.34. The van der Waals surface area contributed by atoms with Crippen LogP contribution in [0.3, 0.4) is 0 Å². The first-order chi connectivity index (χ1) is 8.88. The van der Waals surface area contributed by atoms with Gasteiger partial charge in [-0.15, -0.1) is 0 Å². The number of aromatic carboxylic acids is 1. The standard InChI is InChI=1S/C11H15N3O5/c1-7(6-19-3)13(2)10-9(11(15)16)4-8(5-12-10)14(17)18/h4-5,7H,6H2,1-3H3,(H,15,16). The van der Waals surface area contributed by atoms with Gasteiger partial charge in [-0.3, -0.25) is 10.1 Å². The molecule has 19 heavy (non-hydrogen) atoms. The number of carboxylic acid groups (broad SMARTS) is 1. The Hall–Kier alpha value is -2.22. The second-order valence-corrected chi connectivity index (χ2v) is 4.04. The number of carboxylic acids is 1. The van der Waals surface area contributed by atoms with Crippen LogP contribution in [0.5, 0.6) is 0 Å². The number of nitrogens with zero attached hydrogens (tertiary/aromatic N) is 3. The number of hydrogen-bond acceptors (Lipinski definition) is 6. The number of methoxy groups -OCH3 is 1. The van der Waals surface area contributed by atoms with Crippen LogP contribution in [0, 0.1) is 10.1 Å². The maximum atomic E-state index is 11.2. The van der Waals surface area contributed by atoms with E-state index >= 15 is 0 Å². The van der Waals surface area contributed by atoms with Gasteiger partial charge >= 0.3 is 5.97 Å². The summed E-state index contributed by atoms with van der Waals surface area (Å²) < 4.78 is 4.98. The summed E-state index contributed by atoms with van der Waals surface area (Å²) >= 11 is 0. The number of anilines is 1. The van der Waals surface area contributed by atoms with Crippen molar-refractivity contribution in [1.82, 2.24) is 4.98 Å². The summed E-state index contributed by atoms with van der Waals surface area (Å²) in [6.07, 6.45) is 1.04. The fraction of sp³-hybridized carbons (Fsp3) is 0.455. The Morgan fingerprint density at radius 3 is 2.79 bits per heavy atom. The van der Waals surface area contributed by atoms with Crippen molar-refractivity contribution in [2.75, 3.05) is 25.7 Å². The number of pyridine rings is 1. The van der Waals surface area contributed by atoms with Crippen LogP contribution in [0.2, 0.25) is 0 Å². The third kappa shape index (κ3) is 3.38. The van der Waals surface area contributed by atoms with Gasteiger partial charge in [0.15, 0.2) is 0 Å². The molecular formula is C11H15N3O5. The highest BCUT2D eigenvalue weighted by atomic mass is 16.6. The molecule has 0 fully saturated rings. The Labute approximate surface area is 109 Å². The summed E-state index contributed by atoms with van der Waals surface area (Å²) in [6, 6.07) is 0.887. The number of ether oxygens (including phenoxy) is 1. The van der Waals surface area contributed by atoms with Crippen molar-refractivity contribution in [2.45, 2.75) is 13.0 Å². The fourth-order valence-corrected chi connectivity index (χ4v) is 1.55. The summed E-state index contributed by atoms with van der Waals surface area (Å²) in [5.74, 6) is -1.09. The molecule has 1 aromatic heterocycles. The molecule has 1 heterocycles. The van der Waals surface area contributed by atoms with E-state index < -0.39 is 10.9 Å². The van der Waals surface area contributed by atoms with Crippen molar-refractivity contribution >= 4 is 17.5 Å². The molecule has 0 radical (unpaired) electrons. The molecule has 1 rings (SSSR count). The van der Waals surface area contributed by atoms with E-state index in [2.05, 4.69) is 4.98 Å². The van der Waals surface area contributed by atoms with Crippen LogP contribution in [0.25, 0.3) is 0 Å². The quantitative estimate of drug-likeness (QED) is 0.610. The maximum Gasteiger partial charge on any atom is 0.339 e. The van der Waals surface area contributed by atoms with Gasteiger partial charge in [-0.2, -0.15) is 0 Å². The van der Waals surface area contributed by atoms with Gasteiger partial charge in [0.1, 0.15) is 17.6 Å². The lowest BCUT2D eigenvalue weighted by Gasteiger charge is -2.26. The summed E-state index contributed by atoms with van der Waals surface area (Å²) in [5.41, 5.74) is -0.561. The molecule has 0 aliphatic carbocycles.